The van der Waals surface area contributed by atoms with E-state index in [1.54, 1.807) is 6.26 Å². The van der Waals surface area contributed by atoms with Gasteiger partial charge in [-0.15, -0.1) is 10.2 Å². The van der Waals surface area contributed by atoms with Crippen molar-refractivity contribution in [2.45, 2.75) is 31.2 Å². The van der Waals surface area contributed by atoms with Gasteiger partial charge in [0.25, 0.3) is 0 Å². The first-order valence-corrected chi connectivity index (χ1v) is 8.56. The molecule has 5 nitrogen and oxygen atoms in total. The number of rotatable bonds is 5. The van der Waals surface area contributed by atoms with Crippen molar-refractivity contribution in [1.29, 1.82) is 0 Å². The van der Waals surface area contributed by atoms with E-state index < -0.39 is 0 Å². The van der Waals surface area contributed by atoms with Crippen LogP contribution in [0.3, 0.4) is 0 Å². The van der Waals surface area contributed by atoms with Crippen molar-refractivity contribution in [2.75, 3.05) is 0 Å². The van der Waals surface area contributed by atoms with Gasteiger partial charge in [-0.05, 0) is 50.1 Å². The van der Waals surface area contributed by atoms with Crippen LogP contribution in [0, 0.1) is 13.8 Å². The van der Waals surface area contributed by atoms with Crippen molar-refractivity contribution in [3.63, 3.8) is 0 Å². The van der Waals surface area contributed by atoms with E-state index in [1.165, 1.54) is 17.3 Å². The minimum Gasteiger partial charge on any atom is -0.461 e. The Hall–Kier alpha value is -2.34. The summed E-state index contributed by atoms with van der Waals surface area (Å²) in [6, 6.07) is 9.45. The lowest BCUT2D eigenvalue weighted by atomic mass is 10.0. The first-order valence-electron chi connectivity index (χ1n) is 7.68. The van der Waals surface area contributed by atoms with E-state index in [2.05, 4.69) is 10.2 Å². The molecule has 1 aromatic carbocycles. The normalized spacial score (nSPS) is 12.3. The summed E-state index contributed by atoms with van der Waals surface area (Å²) in [5.74, 6) is 1.39. The average molecular weight is 341 g/mol. The molecule has 0 radical (unpaired) electrons. The summed E-state index contributed by atoms with van der Waals surface area (Å²) in [5.41, 5.74) is 3.03. The van der Waals surface area contributed by atoms with Crippen LogP contribution < -0.4 is 0 Å². The van der Waals surface area contributed by atoms with Crippen molar-refractivity contribution < 1.29 is 9.21 Å². The predicted molar refractivity (Wildman–Crippen MR) is 94.3 cm³/mol. The van der Waals surface area contributed by atoms with E-state index in [0.29, 0.717) is 16.7 Å². The maximum absolute atomic E-state index is 12.7. The Balaban J connectivity index is 1.78. The fourth-order valence-corrected chi connectivity index (χ4v) is 3.27. The summed E-state index contributed by atoms with van der Waals surface area (Å²) in [6.45, 7) is 5.95. The molecule has 0 aliphatic rings. The lowest BCUT2D eigenvalue weighted by molar-refractivity contribution is 0.0993. The number of aryl methyl sites for hydroxylation is 2. The SMILES string of the molecule is Cc1ccc(C(=O)[C@H](C)Sc2nnc(-c3ccco3)n2C)cc1C. The Labute approximate surface area is 145 Å². The molecule has 0 spiro atoms. The van der Waals surface area contributed by atoms with Gasteiger partial charge in [0.1, 0.15) is 0 Å². The Morgan fingerprint density at radius 3 is 2.67 bits per heavy atom. The minimum absolute atomic E-state index is 0.0886. The number of hydrogen-bond donors (Lipinski definition) is 0. The maximum atomic E-state index is 12.7. The second-order valence-electron chi connectivity index (χ2n) is 5.77. The molecule has 2 heterocycles. The molecule has 0 aliphatic heterocycles. The summed E-state index contributed by atoms with van der Waals surface area (Å²) in [4.78, 5) is 12.7. The zero-order valence-corrected chi connectivity index (χ0v) is 14.9. The van der Waals surface area contributed by atoms with Gasteiger partial charge in [-0.1, -0.05) is 23.9 Å². The largest absolute Gasteiger partial charge is 0.461 e. The number of furan rings is 1. The number of nitrogens with zero attached hydrogens (tertiary/aromatic N) is 3. The van der Waals surface area contributed by atoms with Crippen LogP contribution in [0.1, 0.15) is 28.4 Å². The zero-order valence-electron chi connectivity index (χ0n) is 14.1. The van der Waals surface area contributed by atoms with E-state index in [0.717, 1.165) is 11.1 Å². The zero-order chi connectivity index (χ0) is 17.3. The summed E-state index contributed by atoms with van der Waals surface area (Å²) in [5, 5.41) is 8.77. The first-order chi connectivity index (χ1) is 11.5. The van der Waals surface area contributed by atoms with Crippen LogP contribution in [-0.2, 0) is 7.05 Å². The van der Waals surface area contributed by atoms with Crippen molar-refractivity contribution in [1.82, 2.24) is 14.8 Å². The van der Waals surface area contributed by atoms with Gasteiger partial charge in [-0.2, -0.15) is 0 Å². The summed E-state index contributed by atoms with van der Waals surface area (Å²) in [7, 11) is 1.87. The number of benzene rings is 1. The van der Waals surface area contributed by atoms with Crippen molar-refractivity contribution >= 4 is 17.5 Å². The molecule has 0 unspecified atom stereocenters. The smallest absolute Gasteiger partial charge is 0.200 e. The number of aromatic nitrogens is 3. The molecule has 1 atom stereocenters. The first kappa shape index (κ1) is 16.5. The molecule has 0 amide bonds. The number of ketones is 1. The van der Waals surface area contributed by atoms with E-state index in [1.807, 2.05) is 62.7 Å². The van der Waals surface area contributed by atoms with Crippen molar-refractivity contribution in [3.8, 4) is 11.6 Å². The minimum atomic E-state index is -0.251. The number of thioether (sulfide) groups is 1. The van der Waals surface area contributed by atoms with Crippen LogP contribution in [-0.4, -0.2) is 25.8 Å². The number of carbonyl (C=O) groups is 1. The Kier molecular flexibility index (Phi) is 4.57. The van der Waals surface area contributed by atoms with Crippen LogP contribution >= 0.6 is 11.8 Å². The van der Waals surface area contributed by atoms with Crippen LogP contribution in [0.15, 0.2) is 46.2 Å². The van der Waals surface area contributed by atoms with Gasteiger partial charge < -0.3 is 8.98 Å². The standard InChI is InChI=1S/C18H19N3O2S/c1-11-7-8-14(10-12(11)2)16(22)13(3)24-18-20-19-17(21(18)4)15-6-5-9-23-15/h5-10,13H,1-4H3/t13-/m0/s1. The Morgan fingerprint density at radius 2 is 2.00 bits per heavy atom. The van der Waals surface area contributed by atoms with Crippen LogP contribution in [0.5, 0.6) is 0 Å². The third-order valence-electron chi connectivity index (χ3n) is 4.02. The molecular weight excluding hydrogens is 322 g/mol. The second-order valence-corrected chi connectivity index (χ2v) is 7.07. The summed E-state index contributed by atoms with van der Waals surface area (Å²) < 4.78 is 7.20. The summed E-state index contributed by atoms with van der Waals surface area (Å²) >= 11 is 1.40. The lowest BCUT2D eigenvalue weighted by Crippen LogP contribution is -2.14. The number of Topliss-reactive ketones (excluding diaryl/α,β-unsaturated/α-hetero) is 1. The fraction of sp³-hybridized carbons (Fsp3) is 0.278. The van der Waals surface area contributed by atoms with Crippen molar-refractivity contribution in [3.05, 3.63) is 53.3 Å². The molecule has 0 bridgehead atoms. The van der Waals surface area contributed by atoms with Gasteiger partial charge >= 0.3 is 0 Å². The van der Waals surface area contributed by atoms with E-state index in [-0.39, 0.29) is 11.0 Å². The quantitative estimate of drug-likeness (QED) is 0.517. The highest BCUT2D eigenvalue weighted by Gasteiger charge is 2.21. The van der Waals surface area contributed by atoms with E-state index >= 15 is 0 Å². The molecule has 124 valence electrons. The third kappa shape index (κ3) is 3.14. The molecule has 0 saturated carbocycles. The topological polar surface area (TPSA) is 60.9 Å². The van der Waals surface area contributed by atoms with Gasteiger partial charge in [-0.25, -0.2) is 0 Å². The average Bonchev–Trinajstić information content (AvgIpc) is 3.20. The van der Waals surface area contributed by atoms with Gasteiger partial charge in [0.05, 0.1) is 11.5 Å². The van der Waals surface area contributed by atoms with Gasteiger partial charge in [0.15, 0.2) is 22.5 Å². The molecule has 3 rings (SSSR count). The Morgan fingerprint density at radius 1 is 1.21 bits per heavy atom. The molecule has 0 fully saturated rings. The van der Waals surface area contributed by atoms with E-state index in [9.17, 15) is 4.79 Å². The maximum Gasteiger partial charge on any atom is 0.200 e. The van der Waals surface area contributed by atoms with Gasteiger partial charge in [0, 0.05) is 12.6 Å². The summed E-state index contributed by atoms with van der Waals surface area (Å²) in [6.07, 6.45) is 1.60. The van der Waals surface area contributed by atoms with Crippen LogP contribution in [0.25, 0.3) is 11.6 Å². The van der Waals surface area contributed by atoms with Crippen LogP contribution in [0.4, 0.5) is 0 Å². The van der Waals surface area contributed by atoms with E-state index in [4.69, 9.17) is 4.42 Å². The molecule has 2 aromatic heterocycles. The highest BCUT2D eigenvalue weighted by atomic mass is 32.2. The molecule has 24 heavy (non-hydrogen) atoms. The third-order valence-corrected chi connectivity index (χ3v) is 5.15. The number of hydrogen-bond acceptors (Lipinski definition) is 5. The Bertz CT molecular complexity index is 869. The second kappa shape index (κ2) is 6.65. The predicted octanol–water partition coefficient (Wildman–Crippen LogP) is 4.06. The van der Waals surface area contributed by atoms with Crippen LogP contribution in [0.2, 0.25) is 0 Å². The van der Waals surface area contributed by atoms with Crippen molar-refractivity contribution in [2.24, 2.45) is 7.05 Å². The highest BCUT2D eigenvalue weighted by Crippen LogP contribution is 2.27. The van der Waals surface area contributed by atoms with Gasteiger partial charge in [-0.3, -0.25) is 4.79 Å². The monoisotopic (exact) mass is 341 g/mol. The van der Waals surface area contributed by atoms with Gasteiger partial charge in [0.2, 0.25) is 0 Å². The molecule has 0 N–H and O–H groups in total. The number of carbonyl (C=O) groups excluding carboxylic acids is 1. The molecule has 3 aromatic rings. The molecule has 0 aliphatic carbocycles. The fourth-order valence-electron chi connectivity index (χ4n) is 2.38. The highest BCUT2D eigenvalue weighted by molar-refractivity contribution is 8.00. The molecule has 0 saturated heterocycles. The lowest BCUT2D eigenvalue weighted by Gasteiger charge is -2.11. The molecular formula is C18H19N3O2S. The molecule has 6 heteroatoms.